The number of thioether (sulfide) groups is 1. The fraction of sp³-hybridized carbons (Fsp3) is 0.240. The van der Waals surface area contributed by atoms with Crippen LogP contribution in [-0.4, -0.2) is 36.8 Å². The summed E-state index contributed by atoms with van der Waals surface area (Å²) in [4.78, 5) is 30.2. The normalized spacial score (nSPS) is 10.5. The number of ether oxygens (including phenoxy) is 2. The van der Waals surface area contributed by atoms with E-state index in [0.717, 1.165) is 22.5 Å². The van der Waals surface area contributed by atoms with Gasteiger partial charge in [-0.05, 0) is 56.2 Å². The molecular formula is C25H27N3O4S. The first-order chi connectivity index (χ1) is 15.8. The summed E-state index contributed by atoms with van der Waals surface area (Å²) in [6.07, 6.45) is 0. The molecule has 0 aliphatic rings. The number of methoxy groups -OCH3 is 2. The zero-order valence-corrected chi connectivity index (χ0v) is 20.1. The third kappa shape index (κ3) is 6.04. The molecule has 0 fully saturated rings. The van der Waals surface area contributed by atoms with Crippen LogP contribution in [0.1, 0.15) is 27.2 Å². The Bertz CT molecular complexity index is 1180. The van der Waals surface area contributed by atoms with E-state index < -0.39 is 0 Å². The van der Waals surface area contributed by atoms with E-state index in [9.17, 15) is 9.59 Å². The summed E-state index contributed by atoms with van der Waals surface area (Å²) in [7, 11) is 3.09. The zero-order chi connectivity index (χ0) is 24.0. The summed E-state index contributed by atoms with van der Waals surface area (Å²) in [5, 5.41) is 6.31. The predicted molar refractivity (Wildman–Crippen MR) is 132 cm³/mol. The van der Waals surface area contributed by atoms with Gasteiger partial charge in [-0.2, -0.15) is 0 Å². The van der Waals surface area contributed by atoms with Crippen LogP contribution in [0.15, 0.2) is 53.6 Å². The predicted octanol–water partition coefficient (Wildman–Crippen LogP) is 5.01. The standard InChI is InChI=1S/C25H27N3O4S/c1-15-8-6-7-9-19(15)28-24(30)23-16(2)12-17(3)26-25(23)33-14-22(29)27-18-10-11-20(31-4)21(13-18)32-5/h6-13H,14H2,1-5H3,(H,27,29)(H,28,30). The molecular weight excluding hydrogens is 438 g/mol. The minimum Gasteiger partial charge on any atom is -0.493 e. The second-order valence-corrected chi connectivity index (χ2v) is 8.40. The first-order valence-electron chi connectivity index (χ1n) is 10.3. The van der Waals surface area contributed by atoms with Crippen molar-refractivity contribution in [1.29, 1.82) is 0 Å². The number of nitrogens with zero attached hydrogens (tertiary/aromatic N) is 1. The maximum Gasteiger partial charge on any atom is 0.258 e. The average molecular weight is 466 g/mol. The van der Waals surface area contributed by atoms with Crippen LogP contribution < -0.4 is 20.1 Å². The molecule has 33 heavy (non-hydrogen) atoms. The van der Waals surface area contributed by atoms with Crippen LogP contribution >= 0.6 is 11.8 Å². The number of para-hydroxylation sites is 1. The number of carbonyl (C=O) groups is 2. The Morgan fingerprint density at radius 2 is 1.64 bits per heavy atom. The van der Waals surface area contributed by atoms with Crippen LogP contribution in [0, 0.1) is 20.8 Å². The van der Waals surface area contributed by atoms with Crippen LogP contribution in [0.2, 0.25) is 0 Å². The van der Waals surface area contributed by atoms with Gasteiger partial charge in [0.2, 0.25) is 5.91 Å². The molecule has 8 heteroatoms. The Balaban J connectivity index is 1.75. The van der Waals surface area contributed by atoms with Crippen LogP contribution in [0.4, 0.5) is 11.4 Å². The quantitative estimate of drug-likeness (QED) is 0.455. The highest BCUT2D eigenvalue weighted by Crippen LogP contribution is 2.30. The molecule has 0 aliphatic carbocycles. The molecule has 1 heterocycles. The van der Waals surface area contributed by atoms with Gasteiger partial charge in [-0.3, -0.25) is 9.59 Å². The molecule has 0 saturated carbocycles. The molecule has 1 aromatic heterocycles. The van der Waals surface area contributed by atoms with Gasteiger partial charge in [-0.25, -0.2) is 4.98 Å². The highest BCUT2D eigenvalue weighted by atomic mass is 32.2. The summed E-state index contributed by atoms with van der Waals surface area (Å²) in [5.74, 6) is 0.716. The van der Waals surface area contributed by atoms with E-state index in [-0.39, 0.29) is 17.6 Å². The highest BCUT2D eigenvalue weighted by molar-refractivity contribution is 8.00. The zero-order valence-electron chi connectivity index (χ0n) is 19.3. The van der Waals surface area contributed by atoms with E-state index in [0.29, 0.717) is 27.8 Å². The van der Waals surface area contributed by atoms with Crippen molar-refractivity contribution < 1.29 is 19.1 Å². The number of rotatable bonds is 8. The largest absolute Gasteiger partial charge is 0.493 e. The molecule has 0 atom stereocenters. The molecule has 0 spiro atoms. The molecule has 172 valence electrons. The first kappa shape index (κ1) is 24.1. The van der Waals surface area contributed by atoms with Crippen molar-refractivity contribution in [2.45, 2.75) is 25.8 Å². The molecule has 7 nitrogen and oxygen atoms in total. The van der Waals surface area contributed by atoms with E-state index in [1.165, 1.54) is 18.9 Å². The molecule has 2 N–H and O–H groups in total. The third-order valence-corrected chi connectivity index (χ3v) is 5.91. The first-order valence-corrected chi connectivity index (χ1v) is 11.3. The second-order valence-electron chi connectivity index (χ2n) is 7.44. The van der Waals surface area contributed by atoms with E-state index >= 15 is 0 Å². The molecule has 0 radical (unpaired) electrons. The Kier molecular flexibility index (Phi) is 7.95. The minimum atomic E-state index is -0.253. The number of amides is 2. The molecule has 0 saturated heterocycles. The summed E-state index contributed by atoms with van der Waals surface area (Å²) in [6.45, 7) is 5.67. The number of pyridine rings is 1. The lowest BCUT2D eigenvalue weighted by molar-refractivity contribution is -0.113. The average Bonchev–Trinajstić information content (AvgIpc) is 2.78. The van der Waals surface area contributed by atoms with E-state index in [1.807, 2.05) is 51.1 Å². The fourth-order valence-electron chi connectivity index (χ4n) is 3.33. The lowest BCUT2D eigenvalue weighted by atomic mass is 10.1. The van der Waals surface area contributed by atoms with Gasteiger partial charge in [0.15, 0.2) is 11.5 Å². The number of hydrogen-bond acceptors (Lipinski definition) is 6. The topological polar surface area (TPSA) is 89.5 Å². The Morgan fingerprint density at radius 3 is 2.33 bits per heavy atom. The second kappa shape index (κ2) is 10.9. The van der Waals surface area contributed by atoms with Gasteiger partial charge >= 0.3 is 0 Å². The number of anilines is 2. The number of carbonyl (C=O) groups excluding carboxylic acids is 2. The smallest absolute Gasteiger partial charge is 0.258 e. The number of hydrogen-bond donors (Lipinski definition) is 2. The summed E-state index contributed by atoms with van der Waals surface area (Å²) >= 11 is 1.22. The lowest BCUT2D eigenvalue weighted by Gasteiger charge is -2.14. The van der Waals surface area contributed by atoms with Crippen LogP contribution in [0.25, 0.3) is 0 Å². The van der Waals surface area contributed by atoms with Crippen molar-refractivity contribution in [2.24, 2.45) is 0 Å². The summed E-state index contributed by atoms with van der Waals surface area (Å²) in [5.41, 5.74) is 4.34. The van der Waals surface area contributed by atoms with Crippen LogP contribution in [0.3, 0.4) is 0 Å². The Labute approximate surface area is 197 Å². The molecule has 0 unspecified atom stereocenters. The lowest BCUT2D eigenvalue weighted by Crippen LogP contribution is -2.18. The van der Waals surface area contributed by atoms with Crippen molar-refractivity contribution in [3.05, 3.63) is 70.9 Å². The van der Waals surface area contributed by atoms with E-state index in [4.69, 9.17) is 9.47 Å². The van der Waals surface area contributed by atoms with Gasteiger partial charge in [-0.1, -0.05) is 30.0 Å². The van der Waals surface area contributed by atoms with Crippen molar-refractivity contribution in [1.82, 2.24) is 4.98 Å². The highest BCUT2D eigenvalue weighted by Gasteiger charge is 2.19. The number of aromatic nitrogens is 1. The van der Waals surface area contributed by atoms with Crippen LogP contribution in [-0.2, 0) is 4.79 Å². The van der Waals surface area contributed by atoms with Gasteiger partial charge in [0.25, 0.3) is 5.91 Å². The maximum atomic E-state index is 13.1. The summed E-state index contributed by atoms with van der Waals surface area (Å²) < 4.78 is 10.5. The van der Waals surface area contributed by atoms with Crippen molar-refractivity contribution in [3.63, 3.8) is 0 Å². The van der Waals surface area contributed by atoms with Gasteiger partial charge < -0.3 is 20.1 Å². The molecule has 0 aliphatic heterocycles. The maximum absolute atomic E-state index is 13.1. The number of benzene rings is 2. The van der Waals surface area contributed by atoms with Crippen LogP contribution in [0.5, 0.6) is 11.5 Å². The molecule has 3 rings (SSSR count). The van der Waals surface area contributed by atoms with Crippen molar-refractivity contribution in [2.75, 3.05) is 30.6 Å². The Morgan fingerprint density at radius 1 is 0.909 bits per heavy atom. The van der Waals surface area contributed by atoms with Gasteiger partial charge in [-0.15, -0.1) is 0 Å². The minimum absolute atomic E-state index is 0.0921. The monoisotopic (exact) mass is 465 g/mol. The number of nitrogens with one attached hydrogen (secondary N) is 2. The van der Waals surface area contributed by atoms with Gasteiger partial charge in [0.1, 0.15) is 5.03 Å². The van der Waals surface area contributed by atoms with Gasteiger partial charge in [0.05, 0.1) is 25.5 Å². The third-order valence-electron chi connectivity index (χ3n) is 4.94. The van der Waals surface area contributed by atoms with E-state index in [2.05, 4.69) is 15.6 Å². The van der Waals surface area contributed by atoms with Crippen molar-refractivity contribution in [3.8, 4) is 11.5 Å². The molecule has 2 aromatic carbocycles. The van der Waals surface area contributed by atoms with Gasteiger partial charge in [0, 0.05) is 23.1 Å². The summed E-state index contributed by atoms with van der Waals surface area (Å²) in [6, 6.07) is 14.6. The molecule has 0 bridgehead atoms. The molecule has 2 amide bonds. The SMILES string of the molecule is COc1ccc(NC(=O)CSc2nc(C)cc(C)c2C(=O)Nc2ccccc2C)cc1OC. The molecule has 3 aromatic rings. The fourth-order valence-corrected chi connectivity index (χ4v) is 4.27. The van der Waals surface area contributed by atoms with E-state index in [1.54, 1.807) is 25.3 Å². The Hall–Kier alpha value is -3.52. The van der Waals surface area contributed by atoms with Crippen molar-refractivity contribution >= 4 is 35.0 Å². The number of aryl methyl sites for hydroxylation is 3.